The van der Waals surface area contributed by atoms with E-state index in [2.05, 4.69) is 60.2 Å². The lowest BCUT2D eigenvalue weighted by molar-refractivity contribution is 0.636. The van der Waals surface area contributed by atoms with Gasteiger partial charge in [-0.15, -0.1) is 11.3 Å². The van der Waals surface area contributed by atoms with Gasteiger partial charge in [0.2, 0.25) is 0 Å². The van der Waals surface area contributed by atoms with E-state index in [1.807, 2.05) is 11.3 Å². The van der Waals surface area contributed by atoms with E-state index in [4.69, 9.17) is 0 Å². The molecule has 1 aromatic heterocycles. The first-order valence-electron chi connectivity index (χ1n) is 7.02. The Morgan fingerprint density at radius 1 is 1.32 bits per heavy atom. The minimum atomic E-state index is 0.696. The second-order valence-electron chi connectivity index (χ2n) is 5.42. The van der Waals surface area contributed by atoms with Gasteiger partial charge < -0.3 is 5.32 Å². The number of hydrogen-bond acceptors (Lipinski definition) is 2. The van der Waals surface area contributed by atoms with E-state index in [9.17, 15) is 0 Å². The monoisotopic (exact) mass is 339 g/mol. The van der Waals surface area contributed by atoms with Gasteiger partial charge in [-0.3, -0.25) is 0 Å². The molecule has 0 unspecified atom stereocenters. The van der Waals surface area contributed by atoms with E-state index in [0.29, 0.717) is 5.92 Å². The fourth-order valence-electron chi connectivity index (χ4n) is 2.33. The van der Waals surface area contributed by atoms with Gasteiger partial charge >= 0.3 is 0 Å². The zero-order valence-electron chi connectivity index (χ0n) is 11.9. The second kappa shape index (κ2) is 6.87. The van der Waals surface area contributed by atoms with Crippen molar-refractivity contribution in [3.8, 4) is 0 Å². The highest BCUT2D eigenvalue weighted by Gasteiger charge is 2.13. The first kappa shape index (κ1) is 15.0. The summed E-state index contributed by atoms with van der Waals surface area (Å²) in [7, 11) is 0. The molecule has 1 aromatic carbocycles. The summed E-state index contributed by atoms with van der Waals surface area (Å²) in [6, 6.07) is 6.64. The quantitative estimate of drug-likeness (QED) is 0.698. The topological polar surface area (TPSA) is 12.0 Å². The van der Waals surface area contributed by atoms with Crippen molar-refractivity contribution >= 4 is 37.4 Å². The van der Waals surface area contributed by atoms with Crippen LogP contribution in [0, 0.1) is 5.92 Å². The fourth-order valence-corrected chi connectivity index (χ4v) is 3.87. The fraction of sp³-hybridized carbons (Fsp3) is 0.500. The highest BCUT2D eigenvalue weighted by molar-refractivity contribution is 9.10. The molecule has 0 aliphatic carbocycles. The maximum absolute atomic E-state index is 3.59. The summed E-state index contributed by atoms with van der Waals surface area (Å²) in [6.45, 7) is 8.91. The lowest BCUT2D eigenvalue weighted by Gasteiger charge is -2.08. The molecule has 0 spiro atoms. The van der Waals surface area contributed by atoms with Gasteiger partial charge in [-0.1, -0.05) is 36.7 Å². The first-order chi connectivity index (χ1) is 9.11. The predicted molar refractivity (Wildman–Crippen MR) is 90.1 cm³/mol. The van der Waals surface area contributed by atoms with Crippen LogP contribution in [0.25, 0.3) is 10.1 Å². The Bertz CT molecular complexity index is 545. The zero-order chi connectivity index (χ0) is 13.8. The summed E-state index contributed by atoms with van der Waals surface area (Å²) < 4.78 is 2.59. The van der Waals surface area contributed by atoms with Crippen molar-refractivity contribution in [3.63, 3.8) is 0 Å². The number of fused-ring (bicyclic) bond motifs is 1. The van der Waals surface area contributed by atoms with Gasteiger partial charge in [0, 0.05) is 20.6 Å². The summed E-state index contributed by atoms with van der Waals surface area (Å²) >= 11 is 5.54. The van der Waals surface area contributed by atoms with Gasteiger partial charge in [0.1, 0.15) is 0 Å². The number of nitrogens with one attached hydrogen (secondary N) is 1. The molecule has 0 amide bonds. The van der Waals surface area contributed by atoms with E-state index in [-0.39, 0.29) is 0 Å². The van der Waals surface area contributed by atoms with Gasteiger partial charge in [0.15, 0.2) is 0 Å². The molecule has 0 saturated carbocycles. The second-order valence-corrected chi connectivity index (χ2v) is 7.47. The molecular weight excluding hydrogens is 318 g/mol. The van der Waals surface area contributed by atoms with Crippen molar-refractivity contribution in [1.29, 1.82) is 0 Å². The van der Waals surface area contributed by atoms with Gasteiger partial charge in [-0.2, -0.15) is 0 Å². The molecule has 0 aliphatic heterocycles. The zero-order valence-corrected chi connectivity index (χ0v) is 14.3. The van der Waals surface area contributed by atoms with Gasteiger partial charge in [-0.05, 0) is 54.5 Å². The Kier molecular flexibility index (Phi) is 5.43. The molecule has 0 atom stereocenters. The van der Waals surface area contributed by atoms with Crippen molar-refractivity contribution in [3.05, 3.63) is 33.1 Å². The van der Waals surface area contributed by atoms with Crippen molar-refractivity contribution in [2.45, 2.75) is 40.2 Å². The van der Waals surface area contributed by atoms with Crippen LogP contribution >= 0.6 is 27.3 Å². The molecule has 0 aliphatic rings. The molecule has 1 heterocycles. The maximum Gasteiger partial charge on any atom is 0.0349 e. The molecule has 19 heavy (non-hydrogen) atoms. The molecule has 0 fully saturated rings. The minimum Gasteiger partial charge on any atom is -0.312 e. The van der Waals surface area contributed by atoms with E-state index in [1.54, 1.807) is 5.56 Å². The average Bonchev–Trinajstić information content (AvgIpc) is 2.67. The standard InChI is InChI=1S/C16H22BrNS/c1-4-7-18-10-16-13(8-11(2)3)14-9-12(17)5-6-15(14)19-16/h5-6,9,11,18H,4,7-8,10H2,1-3H3. The average molecular weight is 340 g/mol. The SMILES string of the molecule is CCCNCc1sc2ccc(Br)cc2c1CC(C)C. The normalized spacial score (nSPS) is 11.6. The minimum absolute atomic E-state index is 0.696. The van der Waals surface area contributed by atoms with Crippen LogP contribution < -0.4 is 5.32 Å². The van der Waals surface area contributed by atoms with Crippen LogP contribution in [0.4, 0.5) is 0 Å². The third-order valence-electron chi connectivity index (χ3n) is 3.16. The summed E-state index contributed by atoms with van der Waals surface area (Å²) in [5.41, 5.74) is 1.54. The molecule has 1 nitrogen and oxygen atoms in total. The molecule has 0 bridgehead atoms. The molecule has 0 radical (unpaired) electrons. The van der Waals surface area contributed by atoms with Crippen molar-refractivity contribution in [2.24, 2.45) is 5.92 Å². The summed E-state index contributed by atoms with van der Waals surface area (Å²) in [5.74, 6) is 0.696. The summed E-state index contributed by atoms with van der Waals surface area (Å²) in [5, 5.41) is 4.97. The van der Waals surface area contributed by atoms with Gasteiger partial charge in [0.05, 0.1) is 0 Å². The number of thiophene rings is 1. The van der Waals surface area contributed by atoms with Crippen LogP contribution in [-0.2, 0) is 13.0 Å². The smallest absolute Gasteiger partial charge is 0.0349 e. The number of benzene rings is 1. The Hall–Kier alpha value is -0.380. The lowest BCUT2D eigenvalue weighted by atomic mass is 10.00. The molecule has 1 N–H and O–H groups in total. The van der Waals surface area contributed by atoms with Crippen molar-refractivity contribution in [2.75, 3.05) is 6.54 Å². The lowest BCUT2D eigenvalue weighted by Crippen LogP contribution is -2.14. The summed E-state index contributed by atoms with van der Waals surface area (Å²) in [4.78, 5) is 1.51. The van der Waals surface area contributed by atoms with Crippen LogP contribution in [0.2, 0.25) is 0 Å². The van der Waals surface area contributed by atoms with Gasteiger partial charge in [0.25, 0.3) is 0 Å². The molecule has 2 aromatic rings. The highest BCUT2D eigenvalue weighted by Crippen LogP contribution is 2.34. The molecular formula is C16H22BrNS. The highest BCUT2D eigenvalue weighted by atomic mass is 79.9. The Balaban J connectivity index is 2.37. The number of rotatable bonds is 6. The van der Waals surface area contributed by atoms with Gasteiger partial charge in [-0.25, -0.2) is 0 Å². The molecule has 0 saturated heterocycles. The van der Waals surface area contributed by atoms with Crippen LogP contribution in [0.1, 0.15) is 37.6 Å². The van der Waals surface area contributed by atoms with Crippen LogP contribution in [-0.4, -0.2) is 6.54 Å². The maximum atomic E-state index is 3.59. The largest absolute Gasteiger partial charge is 0.312 e. The van der Waals surface area contributed by atoms with E-state index < -0.39 is 0 Å². The van der Waals surface area contributed by atoms with Crippen molar-refractivity contribution < 1.29 is 0 Å². The Labute approximate surface area is 128 Å². The first-order valence-corrected chi connectivity index (χ1v) is 8.63. The molecule has 3 heteroatoms. The predicted octanol–water partition coefficient (Wildman–Crippen LogP) is 5.36. The molecule has 2 rings (SSSR count). The third-order valence-corrected chi connectivity index (χ3v) is 4.87. The van der Waals surface area contributed by atoms with E-state index in [1.165, 1.54) is 32.3 Å². The Morgan fingerprint density at radius 3 is 2.79 bits per heavy atom. The molecule has 104 valence electrons. The Morgan fingerprint density at radius 2 is 2.11 bits per heavy atom. The van der Waals surface area contributed by atoms with Crippen LogP contribution in [0.3, 0.4) is 0 Å². The van der Waals surface area contributed by atoms with Crippen LogP contribution in [0.15, 0.2) is 22.7 Å². The van der Waals surface area contributed by atoms with E-state index in [0.717, 1.165) is 13.1 Å². The van der Waals surface area contributed by atoms with Crippen LogP contribution in [0.5, 0.6) is 0 Å². The third kappa shape index (κ3) is 3.80. The van der Waals surface area contributed by atoms with Crippen molar-refractivity contribution in [1.82, 2.24) is 5.32 Å². The number of hydrogen-bond donors (Lipinski definition) is 1. The summed E-state index contributed by atoms with van der Waals surface area (Å²) in [6.07, 6.45) is 2.36. The number of halogens is 1. The van der Waals surface area contributed by atoms with E-state index >= 15 is 0 Å².